The van der Waals surface area contributed by atoms with E-state index in [1.807, 2.05) is 6.20 Å². The van der Waals surface area contributed by atoms with Crippen molar-refractivity contribution in [2.75, 3.05) is 6.54 Å². The first-order valence-corrected chi connectivity index (χ1v) is 8.03. The average molecular weight is 290 g/mol. The van der Waals surface area contributed by atoms with Gasteiger partial charge in [0.1, 0.15) is 0 Å². The number of nitrogens with zero attached hydrogens (tertiary/aromatic N) is 1. The molecule has 0 aliphatic carbocycles. The van der Waals surface area contributed by atoms with Crippen LogP contribution in [0.3, 0.4) is 0 Å². The Morgan fingerprint density at radius 3 is 2.48 bits per heavy atom. The van der Waals surface area contributed by atoms with Crippen LogP contribution in [0.5, 0.6) is 0 Å². The minimum atomic E-state index is -0.144. The van der Waals surface area contributed by atoms with Crippen LogP contribution in [0.4, 0.5) is 0 Å². The summed E-state index contributed by atoms with van der Waals surface area (Å²) in [5.41, 5.74) is 3.44. The van der Waals surface area contributed by atoms with E-state index in [1.54, 1.807) is 0 Å². The lowest BCUT2D eigenvalue weighted by molar-refractivity contribution is -0.0779. The first kappa shape index (κ1) is 16.4. The molecule has 1 aromatic rings. The van der Waals surface area contributed by atoms with Gasteiger partial charge < -0.3 is 10.1 Å². The van der Waals surface area contributed by atoms with Crippen molar-refractivity contribution in [3.8, 4) is 0 Å². The van der Waals surface area contributed by atoms with Crippen LogP contribution in [0, 0.1) is 19.8 Å². The molecule has 1 aromatic heterocycles. The summed E-state index contributed by atoms with van der Waals surface area (Å²) in [6.45, 7) is 16.1. The van der Waals surface area contributed by atoms with E-state index >= 15 is 0 Å². The largest absolute Gasteiger partial charge is 0.369 e. The summed E-state index contributed by atoms with van der Waals surface area (Å²) in [4.78, 5) is 4.74. The molecule has 0 radical (unpaired) electrons. The first-order valence-electron chi connectivity index (χ1n) is 8.03. The van der Waals surface area contributed by atoms with Gasteiger partial charge >= 0.3 is 0 Å². The third-order valence-electron chi connectivity index (χ3n) is 4.52. The predicted molar refractivity (Wildman–Crippen MR) is 87.5 cm³/mol. The number of hydrogen-bond donors (Lipinski definition) is 1. The molecule has 0 spiro atoms. The van der Waals surface area contributed by atoms with Crippen molar-refractivity contribution in [1.29, 1.82) is 0 Å². The molecule has 2 heterocycles. The van der Waals surface area contributed by atoms with Gasteiger partial charge in [-0.3, -0.25) is 4.98 Å². The monoisotopic (exact) mass is 290 g/mol. The summed E-state index contributed by atoms with van der Waals surface area (Å²) < 4.78 is 6.29. The summed E-state index contributed by atoms with van der Waals surface area (Å²) in [5.74, 6) is 0.418. The van der Waals surface area contributed by atoms with Crippen LogP contribution in [0.2, 0.25) is 0 Å². The molecule has 3 heteroatoms. The predicted octanol–water partition coefficient (Wildman–Crippen LogP) is 3.94. The average Bonchev–Trinajstić information content (AvgIpc) is 2.55. The van der Waals surface area contributed by atoms with Crippen molar-refractivity contribution in [3.63, 3.8) is 0 Å². The third-order valence-corrected chi connectivity index (χ3v) is 4.52. The minimum absolute atomic E-state index is 0.0690. The lowest BCUT2D eigenvalue weighted by Crippen LogP contribution is -2.39. The van der Waals surface area contributed by atoms with E-state index in [-0.39, 0.29) is 17.2 Å². The van der Waals surface area contributed by atoms with Gasteiger partial charge in [-0.2, -0.15) is 0 Å². The van der Waals surface area contributed by atoms with Gasteiger partial charge in [-0.25, -0.2) is 0 Å². The van der Waals surface area contributed by atoms with Crippen molar-refractivity contribution in [2.45, 2.75) is 72.1 Å². The van der Waals surface area contributed by atoms with E-state index in [0.717, 1.165) is 13.0 Å². The molecule has 3 nitrogen and oxygen atoms in total. The van der Waals surface area contributed by atoms with Crippen molar-refractivity contribution >= 4 is 0 Å². The standard InChI is InChI=1S/C18H30N2O/c1-8-19-16(15-13(3)9-12(2)11-20-15)14-10-17(4,5)21-18(14,6)7/h9,11,14,16,19H,8,10H2,1-7H3. The smallest absolute Gasteiger partial charge is 0.0681 e. The normalized spacial score (nSPS) is 25.0. The molecular formula is C18H30N2O. The quantitative estimate of drug-likeness (QED) is 0.912. The van der Waals surface area contributed by atoms with Crippen LogP contribution in [0.1, 0.15) is 63.9 Å². The van der Waals surface area contributed by atoms with Gasteiger partial charge in [0.05, 0.1) is 22.9 Å². The Kier molecular flexibility index (Phi) is 4.46. The molecule has 21 heavy (non-hydrogen) atoms. The fraction of sp³-hybridized carbons (Fsp3) is 0.722. The van der Waals surface area contributed by atoms with E-state index in [0.29, 0.717) is 5.92 Å². The van der Waals surface area contributed by atoms with E-state index < -0.39 is 0 Å². The second kappa shape index (κ2) is 5.69. The van der Waals surface area contributed by atoms with Gasteiger partial charge in [0.2, 0.25) is 0 Å². The molecule has 2 unspecified atom stereocenters. The second-order valence-corrected chi connectivity index (χ2v) is 7.53. The number of aromatic nitrogens is 1. The summed E-state index contributed by atoms with van der Waals surface area (Å²) >= 11 is 0. The molecule has 0 saturated carbocycles. The zero-order valence-corrected chi connectivity index (χ0v) is 14.6. The molecule has 1 aliphatic rings. The molecule has 2 rings (SSSR count). The number of aryl methyl sites for hydroxylation is 2. The highest BCUT2D eigenvalue weighted by molar-refractivity contribution is 5.27. The van der Waals surface area contributed by atoms with Crippen molar-refractivity contribution in [1.82, 2.24) is 10.3 Å². The second-order valence-electron chi connectivity index (χ2n) is 7.53. The van der Waals surface area contributed by atoms with E-state index in [9.17, 15) is 0 Å². The molecule has 1 fully saturated rings. The molecule has 0 aromatic carbocycles. The Labute approximate surface area is 129 Å². The van der Waals surface area contributed by atoms with Gasteiger partial charge in [-0.1, -0.05) is 13.0 Å². The Morgan fingerprint density at radius 2 is 2.00 bits per heavy atom. The van der Waals surface area contributed by atoms with Crippen molar-refractivity contribution in [2.24, 2.45) is 5.92 Å². The van der Waals surface area contributed by atoms with Crippen LogP contribution >= 0.6 is 0 Å². The van der Waals surface area contributed by atoms with Crippen LogP contribution in [0.15, 0.2) is 12.3 Å². The molecule has 1 saturated heterocycles. The Balaban J connectivity index is 2.39. The molecule has 118 valence electrons. The SMILES string of the molecule is CCNC(c1ncc(C)cc1C)C1CC(C)(C)OC1(C)C. The van der Waals surface area contributed by atoms with Crippen LogP contribution in [-0.4, -0.2) is 22.7 Å². The van der Waals surface area contributed by atoms with E-state index in [1.165, 1.54) is 16.8 Å². The molecule has 1 N–H and O–H groups in total. The zero-order valence-electron chi connectivity index (χ0n) is 14.6. The third kappa shape index (κ3) is 3.46. The van der Waals surface area contributed by atoms with Gasteiger partial charge in [0, 0.05) is 12.1 Å². The summed E-state index contributed by atoms with van der Waals surface area (Å²) in [6.07, 6.45) is 3.02. The highest BCUT2D eigenvalue weighted by atomic mass is 16.5. The van der Waals surface area contributed by atoms with Gasteiger partial charge in [0.25, 0.3) is 0 Å². The maximum Gasteiger partial charge on any atom is 0.0681 e. The van der Waals surface area contributed by atoms with Gasteiger partial charge in [-0.05, 0) is 65.6 Å². The fourth-order valence-electron chi connectivity index (χ4n) is 3.82. The molecule has 0 bridgehead atoms. The molecular weight excluding hydrogens is 260 g/mol. The van der Waals surface area contributed by atoms with Crippen molar-refractivity contribution in [3.05, 3.63) is 29.1 Å². The Morgan fingerprint density at radius 1 is 1.33 bits per heavy atom. The van der Waals surface area contributed by atoms with Gasteiger partial charge in [-0.15, -0.1) is 0 Å². The molecule has 0 amide bonds. The topological polar surface area (TPSA) is 34.2 Å². The van der Waals surface area contributed by atoms with Crippen LogP contribution in [-0.2, 0) is 4.74 Å². The lowest BCUT2D eigenvalue weighted by atomic mass is 9.79. The molecule has 2 atom stereocenters. The highest BCUT2D eigenvalue weighted by Gasteiger charge is 2.49. The zero-order chi connectivity index (χ0) is 15.8. The lowest BCUT2D eigenvalue weighted by Gasteiger charge is -2.33. The van der Waals surface area contributed by atoms with E-state index in [2.05, 4.69) is 59.8 Å². The minimum Gasteiger partial charge on any atom is -0.369 e. The van der Waals surface area contributed by atoms with Crippen LogP contribution in [0.25, 0.3) is 0 Å². The highest BCUT2D eigenvalue weighted by Crippen LogP contribution is 2.47. The number of ether oxygens (including phenoxy) is 1. The van der Waals surface area contributed by atoms with Gasteiger partial charge in [0.15, 0.2) is 0 Å². The first-order chi connectivity index (χ1) is 9.66. The fourth-order valence-corrected chi connectivity index (χ4v) is 3.82. The number of pyridine rings is 1. The van der Waals surface area contributed by atoms with E-state index in [4.69, 9.17) is 9.72 Å². The summed E-state index contributed by atoms with van der Waals surface area (Å²) in [7, 11) is 0. The maximum absolute atomic E-state index is 6.29. The maximum atomic E-state index is 6.29. The summed E-state index contributed by atoms with van der Waals surface area (Å²) in [5, 5.41) is 3.65. The number of hydrogen-bond acceptors (Lipinski definition) is 3. The Hall–Kier alpha value is -0.930. The number of rotatable bonds is 4. The molecule has 1 aliphatic heterocycles. The summed E-state index contributed by atoms with van der Waals surface area (Å²) in [6, 6.07) is 2.47. The Bertz CT molecular complexity index is 508. The van der Waals surface area contributed by atoms with Crippen LogP contribution < -0.4 is 5.32 Å². The van der Waals surface area contributed by atoms with Crippen molar-refractivity contribution < 1.29 is 4.74 Å². The number of nitrogens with one attached hydrogen (secondary N) is 1.